The Kier molecular flexibility index (Phi) is 7.79. The summed E-state index contributed by atoms with van der Waals surface area (Å²) in [5, 5.41) is 5.21. The monoisotopic (exact) mass is 784 g/mol. The van der Waals surface area contributed by atoms with Crippen LogP contribution < -0.4 is 4.90 Å². The van der Waals surface area contributed by atoms with Gasteiger partial charge in [-0.05, 0) is 117 Å². The van der Waals surface area contributed by atoms with Crippen LogP contribution in [0.3, 0.4) is 0 Å². The molecule has 1 aliphatic rings. The van der Waals surface area contributed by atoms with Crippen LogP contribution in [0.2, 0.25) is 0 Å². The number of thiophene rings is 1. The summed E-state index contributed by atoms with van der Waals surface area (Å²) in [4.78, 5) is 2.40. The van der Waals surface area contributed by atoms with Crippen molar-refractivity contribution in [3.05, 3.63) is 217 Å². The van der Waals surface area contributed by atoms with Crippen LogP contribution in [-0.2, 0) is 5.41 Å². The SMILES string of the molecule is CC1(C)c2ccccc2-c2ccc(N(c3ccc(-c4ccccc4)cc3)c3ccc(-c4ccc(-n5c6ccccc6c6cc7sc8ccccc8c7cc65)cc4)cc3)cc21. The van der Waals surface area contributed by atoms with Crippen molar-refractivity contribution in [1.82, 2.24) is 4.57 Å². The van der Waals surface area contributed by atoms with Crippen molar-refractivity contribution in [2.24, 2.45) is 0 Å². The predicted octanol–water partition coefficient (Wildman–Crippen LogP) is 16.3. The molecule has 0 spiro atoms. The highest BCUT2D eigenvalue weighted by molar-refractivity contribution is 7.25. The first-order chi connectivity index (χ1) is 29.5. The molecule has 0 atom stereocenters. The molecule has 0 saturated heterocycles. The van der Waals surface area contributed by atoms with E-state index in [0.717, 1.165) is 22.7 Å². The Labute approximate surface area is 353 Å². The largest absolute Gasteiger partial charge is 0.310 e. The zero-order valence-corrected chi connectivity index (χ0v) is 34.2. The van der Waals surface area contributed by atoms with E-state index in [-0.39, 0.29) is 5.41 Å². The minimum absolute atomic E-state index is 0.0927. The third kappa shape index (κ3) is 5.40. The summed E-state index contributed by atoms with van der Waals surface area (Å²) in [6, 6.07) is 76.0. The highest BCUT2D eigenvalue weighted by atomic mass is 32.1. The fourth-order valence-corrected chi connectivity index (χ4v) is 10.9. The molecule has 0 aliphatic heterocycles. The maximum absolute atomic E-state index is 2.43. The molecule has 0 saturated carbocycles. The van der Waals surface area contributed by atoms with Gasteiger partial charge in [0.05, 0.1) is 11.0 Å². The summed E-state index contributed by atoms with van der Waals surface area (Å²) < 4.78 is 5.09. The van der Waals surface area contributed by atoms with E-state index in [2.05, 4.69) is 230 Å². The average Bonchev–Trinajstić information content (AvgIpc) is 3.91. The molecule has 2 aromatic heterocycles. The summed E-state index contributed by atoms with van der Waals surface area (Å²) in [6.45, 7) is 4.71. The van der Waals surface area contributed by atoms with E-state index >= 15 is 0 Å². The maximum Gasteiger partial charge on any atom is 0.0548 e. The van der Waals surface area contributed by atoms with Crippen molar-refractivity contribution in [3.8, 4) is 39.1 Å². The van der Waals surface area contributed by atoms with Crippen molar-refractivity contribution >= 4 is 70.4 Å². The van der Waals surface area contributed by atoms with E-state index in [1.54, 1.807) is 0 Å². The number of para-hydroxylation sites is 1. The smallest absolute Gasteiger partial charge is 0.0548 e. The highest BCUT2D eigenvalue weighted by Crippen LogP contribution is 2.51. The van der Waals surface area contributed by atoms with Gasteiger partial charge in [-0.3, -0.25) is 0 Å². The van der Waals surface area contributed by atoms with Crippen LogP contribution in [0, 0.1) is 0 Å². The second kappa shape index (κ2) is 13.4. The zero-order chi connectivity index (χ0) is 40.0. The Bertz CT molecular complexity index is 3420. The number of benzene rings is 9. The van der Waals surface area contributed by atoms with Crippen LogP contribution >= 0.6 is 11.3 Å². The molecule has 0 N–H and O–H groups in total. The molecule has 9 aromatic carbocycles. The van der Waals surface area contributed by atoms with Crippen LogP contribution in [0.25, 0.3) is 81.0 Å². The van der Waals surface area contributed by atoms with Gasteiger partial charge >= 0.3 is 0 Å². The first kappa shape index (κ1) is 34.8. The maximum atomic E-state index is 2.43. The van der Waals surface area contributed by atoms with E-state index in [9.17, 15) is 0 Å². The van der Waals surface area contributed by atoms with Crippen molar-refractivity contribution in [2.45, 2.75) is 19.3 Å². The standard InChI is InChI=1S/C57H40N2S/c1-57(2)51-17-9-6-14-45(51)46-33-32-44(34-52(46)57)58(41-26-20-38(21-27-41)37-12-4-3-5-13-37)42-28-22-39(23-29-42)40-24-30-43(31-25-40)59-53-18-10-7-15-47(53)49-36-56-50(35-54(49)59)48-16-8-11-19-55(48)60-56/h3-36H,1-2H3. The number of anilines is 3. The molecule has 2 nitrogen and oxygen atoms in total. The highest BCUT2D eigenvalue weighted by Gasteiger charge is 2.35. The third-order valence-corrected chi connectivity index (χ3v) is 13.9. The molecule has 1 aliphatic carbocycles. The number of aromatic nitrogens is 1. The lowest BCUT2D eigenvalue weighted by molar-refractivity contribution is 0.660. The van der Waals surface area contributed by atoms with Gasteiger partial charge in [-0.2, -0.15) is 0 Å². The summed E-state index contributed by atoms with van der Waals surface area (Å²) >= 11 is 1.88. The number of hydrogen-bond donors (Lipinski definition) is 0. The Morgan fingerprint density at radius 2 is 0.950 bits per heavy atom. The molecule has 0 radical (unpaired) electrons. The number of nitrogens with zero attached hydrogens (tertiary/aromatic N) is 2. The van der Waals surface area contributed by atoms with Crippen LogP contribution in [0.4, 0.5) is 17.1 Å². The molecule has 3 heteroatoms. The molecule has 12 rings (SSSR count). The van der Waals surface area contributed by atoms with Gasteiger partial charge in [-0.25, -0.2) is 0 Å². The van der Waals surface area contributed by atoms with Gasteiger partial charge in [0.25, 0.3) is 0 Å². The first-order valence-electron chi connectivity index (χ1n) is 20.7. The average molecular weight is 785 g/mol. The molecular weight excluding hydrogens is 745 g/mol. The van der Waals surface area contributed by atoms with Gasteiger partial charge in [0.15, 0.2) is 0 Å². The Hall–Kier alpha value is -7.20. The van der Waals surface area contributed by atoms with Crippen molar-refractivity contribution in [3.63, 3.8) is 0 Å². The summed E-state index contributed by atoms with van der Waals surface area (Å²) in [5.41, 5.74) is 17.1. The Morgan fingerprint density at radius 3 is 1.68 bits per heavy atom. The topological polar surface area (TPSA) is 8.17 Å². The van der Waals surface area contributed by atoms with Crippen LogP contribution in [0.5, 0.6) is 0 Å². The third-order valence-electron chi connectivity index (χ3n) is 12.8. The minimum Gasteiger partial charge on any atom is -0.310 e. The van der Waals surface area contributed by atoms with E-state index in [1.807, 2.05) is 11.3 Å². The predicted molar refractivity (Wildman–Crippen MR) is 257 cm³/mol. The van der Waals surface area contributed by atoms with Gasteiger partial charge in [0.2, 0.25) is 0 Å². The van der Waals surface area contributed by atoms with Gasteiger partial charge in [0, 0.05) is 59.1 Å². The molecule has 60 heavy (non-hydrogen) atoms. The van der Waals surface area contributed by atoms with Crippen molar-refractivity contribution < 1.29 is 0 Å². The minimum atomic E-state index is -0.0927. The fraction of sp³-hybridized carbons (Fsp3) is 0.0526. The van der Waals surface area contributed by atoms with Gasteiger partial charge in [0.1, 0.15) is 0 Å². The summed E-state index contributed by atoms with van der Waals surface area (Å²) in [6.07, 6.45) is 0. The lowest BCUT2D eigenvalue weighted by Crippen LogP contribution is -2.16. The van der Waals surface area contributed by atoms with Crippen LogP contribution in [0.1, 0.15) is 25.0 Å². The number of fused-ring (bicyclic) bond motifs is 9. The second-order valence-electron chi connectivity index (χ2n) is 16.6. The molecule has 0 amide bonds. The number of rotatable bonds is 6. The molecule has 0 unspecified atom stereocenters. The van der Waals surface area contributed by atoms with E-state index < -0.39 is 0 Å². The Balaban J connectivity index is 0.923. The molecular formula is C57H40N2S. The lowest BCUT2D eigenvalue weighted by atomic mass is 9.82. The molecule has 2 heterocycles. The summed E-state index contributed by atoms with van der Waals surface area (Å²) in [5.74, 6) is 0. The van der Waals surface area contributed by atoms with Gasteiger partial charge in [-0.1, -0.05) is 147 Å². The second-order valence-corrected chi connectivity index (χ2v) is 17.6. The van der Waals surface area contributed by atoms with E-state index in [4.69, 9.17) is 0 Å². The Morgan fingerprint density at radius 1 is 0.383 bits per heavy atom. The van der Waals surface area contributed by atoms with E-state index in [1.165, 1.54) is 86.5 Å². The first-order valence-corrected chi connectivity index (χ1v) is 21.6. The van der Waals surface area contributed by atoms with Crippen LogP contribution in [-0.4, -0.2) is 4.57 Å². The zero-order valence-electron chi connectivity index (χ0n) is 33.4. The number of hydrogen-bond acceptors (Lipinski definition) is 2. The van der Waals surface area contributed by atoms with Gasteiger partial charge < -0.3 is 9.47 Å². The van der Waals surface area contributed by atoms with Gasteiger partial charge in [-0.15, -0.1) is 11.3 Å². The quantitative estimate of drug-likeness (QED) is 0.163. The fourth-order valence-electron chi connectivity index (χ4n) is 9.78. The van der Waals surface area contributed by atoms with Crippen molar-refractivity contribution in [2.75, 3.05) is 4.90 Å². The normalized spacial score (nSPS) is 13.0. The molecule has 0 fully saturated rings. The van der Waals surface area contributed by atoms with Crippen molar-refractivity contribution in [1.29, 1.82) is 0 Å². The molecule has 0 bridgehead atoms. The lowest BCUT2D eigenvalue weighted by Gasteiger charge is -2.28. The molecule has 11 aromatic rings. The van der Waals surface area contributed by atoms with Crippen LogP contribution in [0.15, 0.2) is 206 Å². The summed E-state index contributed by atoms with van der Waals surface area (Å²) in [7, 11) is 0. The van der Waals surface area contributed by atoms with E-state index in [0.29, 0.717) is 0 Å². The molecule has 284 valence electrons.